The minimum atomic E-state index is -4.71. The fraction of sp³-hybridized carbons (Fsp3) is 0.111. The fourth-order valence-corrected chi connectivity index (χ4v) is 2.80. The maximum absolute atomic E-state index is 13.1. The van der Waals surface area contributed by atoms with Gasteiger partial charge in [-0.1, -0.05) is 0 Å². The van der Waals surface area contributed by atoms with Crippen LogP contribution in [0.4, 0.5) is 32.2 Å². The van der Waals surface area contributed by atoms with E-state index in [-0.39, 0.29) is 28.2 Å². The number of fused-ring (bicyclic) bond motifs is 1. The third-order valence-corrected chi connectivity index (χ3v) is 4.24. The molecule has 0 aliphatic carbocycles. The highest BCUT2D eigenvalue weighted by Gasteiger charge is 2.34. The molecule has 0 unspecified atom stereocenters. The van der Waals surface area contributed by atoms with Crippen LogP contribution in [0.3, 0.4) is 0 Å². The normalized spacial score (nSPS) is 12.5. The number of nitrogens with two attached hydrogens (primary N) is 1. The van der Waals surface area contributed by atoms with Gasteiger partial charge in [-0.3, -0.25) is 4.98 Å². The van der Waals surface area contributed by atoms with E-state index in [1.54, 1.807) is 0 Å². The summed E-state index contributed by atoms with van der Waals surface area (Å²) in [5, 5.41) is 4.22. The van der Waals surface area contributed by atoms with Gasteiger partial charge in [-0.15, -0.1) is 0 Å². The van der Waals surface area contributed by atoms with Crippen molar-refractivity contribution in [3.8, 4) is 22.5 Å². The van der Waals surface area contributed by atoms with E-state index in [9.17, 15) is 26.3 Å². The molecular formula is C18H10F6N6. The number of aromatic nitrogens is 5. The van der Waals surface area contributed by atoms with Crippen molar-refractivity contribution in [3.05, 3.63) is 60.2 Å². The predicted molar refractivity (Wildman–Crippen MR) is 93.9 cm³/mol. The highest BCUT2D eigenvalue weighted by atomic mass is 19.4. The predicted octanol–water partition coefficient (Wildman–Crippen LogP) is 4.47. The van der Waals surface area contributed by atoms with E-state index in [1.165, 1.54) is 29.0 Å². The van der Waals surface area contributed by atoms with E-state index in [4.69, 9.17) is 5.73 Å². The maximum atomic E-state index is 13.1. The topological polar surface area (TPSA) is 82.0 Å². The van der Waals surface area contributed by atoms with E-state index in [0.29, 0.717) is 6.20 Å². The van der Waals surface area contributed by atoms with Crippen LogP contribution in [0.1, 0.15) is 11.1 Å². The van der Waals surface area contributed by atoms with Crippen LogP contribution in [-0.2, 0) is 12.4 Å². The van der Waals surface area contributed by atoms with E-state index >= 15 is 0 Å². The zero-order valence-electron chi connectivity index (χ0n) is 14.7. The highest BCUT2D eigenvalue weighted by Crippen LogP contribution is 2.35. The van der Waals surface area contributed by atoms with Crippen LogP contribution < -0.4 is 5.73 Å². The van der Waals surface area contributed by atoms with Gasteiger partial charge in [0.15, 0.2) is 5.65 Å². The molecule has 2 N–H and O–H groups in total. The molecule has 0 atom stereocenters. The third-order valence-electron chi connectivity index (χ3n) is 4.24. The van der Waals surface area contributed by atoms with Crippen molar-refractivity contribution in [2.24, 2.45) is 0 Å². The van der Waals surface area contributed by atoms with Gasteiger partial charge in [0.1, 0.15) is 5.82 Å². The van der Waals surface area contributed by atoms with Crippen LogP contribution in [0.15, 0.2) is 49.1 Å². The summed E-state index contributed by atoms with van der Waals surface area (Å²) in [5.41, 5.74) is 3.92. The minimum absolute atomic E-state index is 0.0280. The molecule has 0 aliphatic heterocycles. The summed E-state index contributed by atoms with van der Waals surface area (Å²) >= 11 is 0. The zero-order valence-corrected chi connectivity index (χ0v) is 14.7. The molecule has 6 nitrogen and oxygen atoms in total. The number of hydrogen-bond donors (Lipinski definition) is 1. The van der Waals surface area contributed by atoms with Crippen molar-refractivity contribution in [1.29, 1.82) is 0 Å². The van der Waals surface area contributed by atoms with E-state index in [2.05, 4.69) is 20.1 Å². The molecule has 0 radical (unpaired) electrons. The van der Waals surface area contributed by atoms with Crippen molar-refractivity contribution in [2.75, 3.05) is 5.73 Å². The first-order valence-electron chi connectivity index (χ1n) is 8.24. The molecule has 4 rings (SSSR count). The lowest BCUT2D eigenvalue weighted by molar-refractivity contribution is -0.138. The number of halogens is 6. The Hall–Kier alpha value is -3.70. The van der Waals surface area contributed by atoms with Crippen LogP contribution in [0.2, 0.25) is 0 Å². The summed E-state index contributed by atoms with van der Waals surface area (Å²) < 4.78 is 79.5. The largest absolute Gasteiger partial charge is 0.419 e. The van der Waals surface area contributed by atoms with E-state index in [0.717, 1.165) is 18.3 Å². The smallest absolute Gasteiger partial charge is 0.383 e. The SMILES string of the molecule is Nc1ncc(-c2ccc3ncc(-c4cncc(C(F)(F)F)c4)n3n2)cc1C(F)(F)F. The molecule has 0 aliphatic rings. The number of nitrogens with zero attached hydrogens (tertiary/aromatic N) is 5. The number of hydrogen-bond acceptors (Lipinski definition) is 5. The first-order valence-corrected chi connectivity index (χ1v) is 8.24. The molecule has 4 aromatic heterocycles. The van der Waals surface area contributed by atoms with Gasteiger partial charge in [0.2, 0.25) is 0 Å². The van der Waals surface area contributed by atoms with Crippen molar-refractivity contribution in [2.45, 2.75) is 12.4 Å². The number of nitrogen functional groups attached to an aromatic ring is 1. The molecule has 0 spiro atoms. The Balaban J connectivity index is 1.84. The lowest BCUT2D eigenvalue weighted by Crippen LogP contribution is -2.10. The standard InChI is InChI=1S/C18H10F6N6/c19-17(20,21)11-3-10(5-26-7-11)14-8-27-15-2-1-13(29-30(14)15)9-4-12(18(22,23)24)16(25)28-6-9/h1-8H,(H2,25,28). The van der Waals surface area contributed by atoms with Crippen molar-refractivity contribution < 1.29 is 26.3 Å². The Bertz CT molecular complexity index is 1240. The Morgan fingerprint density at radius 3 is 2.27 bits per heavy atom. The summed E-state index contributed by atoms with van der Waals surface area (Å²) in [7, 11) is 0. The van der Waals surface area contributed by atoms with Gasteiger partial charge in [0, 0.05) is 29.7 Å². The maximum Gasteiger partial charge on any atom is 0.419 e. The van der Waals surface area contributed by atoms with Gasteiger partial charge >= 0.3 is 12.4 Å². The second-order valence-corrected chi connectivity index (χ2v) is 6.25. The van der Waals surface area contributed by atoms with E-state index in [1.807, 2.05) is 0 Å². The average Bonchev–Trinajstić information content (AvgIpc) is 3.10. The molecular weight excluding hydrogens is 414 g/mol. The first kappa shape index (κ1) is 19.6. The molecule has 0 aromatic carbocycles. The lowest BCUT2D eigenvalue weighted by Gasteiger charge is -2.11. The summed E-state index contributed by atoms with van der Waals surface area (Å²) in [4.78, 5) is 11.2. The Kier molecular flexibility index (Phi) is 4.36. The molecule has 0 bridgehead atoms. The summed E-state index contributed by atoms with van der Waals surface area (Å²) in [5.74, 6) is -0.675. The highest BCUT2D eigenvalue weighted by molar-refractivity contribution is 5.67. The lowest BCUT2D eigenvalue weighted by atomic mass is 10.1. The number of rotatable bonds is 2. The van der Waals surface area contributed by atoms with Crippen LogP contribution in [0.5, 0.6) is 0 Å². The van der Waals surface area contributed by atoms with Crippen molar-refractivity contribution >= 4 is 11.5 Å². The van der Waals surface area contributed by atoms with E-state index < -0.39 is 29.3 Å². The van der Waals surface area contributed by atoms with Gasteiger partial charge in [-0.05, 0) is 24.3 Å². The summed E-state index contributed by atoms with van der Waals surface area (Å²) in [6, 6.07) is 4.58. The van der Waals surface area contributed by atoms with Gasteiger partial charge in [0.05, 0.1) is 28.7 Å². The first-order chi connectivity index (χ1) is 14.0. The van der Waals surface area contributed by atoms with Crippen molar-refractivity contribution in [1.82, 2.24) is 24.6 Å². The van der Waals surface area contributed by atoms with Crippen molar-refractivity contribution in [3.63, 3.8) is 0 Å². The molecule has 0 fully saturated rings. The Morgan fingerprint density at radius 1 is 0.800 bits per heavy atom. The Morgan fingerprint density at radius 2 is 1.57 bits per heavy atom. The average molecular weight is 424 g/mol. The summed E-state index contributed by atoms with van der Waals surface area (Å²) in [6.07, 6.45) is -4.98. The second kappa shape index (κ2) is 6.68. The van der Waals surface area contributed by atoms with Crippen LogP contribution in [0, 0.1) is 0 Å². The second-order valence-electron chi connectivity index (χ2n) is 6.25. The molecule has 4 aromatic rings. The zero-order chi connectivity index (χ0) is 21.7. The quantitative estimate of drug-likeness (QED) is 0.480. The van der Waals surface area contributed by atoms with Gasteiger partial charge < -0.3 is 5.73 Å². The van der Waals surface area contributed by atoms with Crippen LogP contribution in [0.25, 0.3) is 28.2 Å². The monoisotopic (exact) mass is 424 g/mol. The number of alkyl halides is 6. The number of anilines is 1. The molecule has 30 heavy (non-hydrogen) atoms. The number of imidazole rings is 1. The molecule has 0 saturated carbocycles. The van der Waals surface area contributed by atoms with Gasteiger partial charge in [-0.25, -0.2) is 14.5 Å². The minimum Gasteiger partial charge on any atom is -0.383 e. The molecule has 0 amide bonds. The van der Waals surface area contributed by atoms with Gasteiger partial charge in [0.25, 0.3) is 0 Å². The molecule has 4 heterocycles. The van der Waals surface area contributed by atoms with Crippen LogP contribution >= 0.6 is 0 Å². The fourth-order valence-electron chi connectivity index (χ4n) is 2.80. The van der Waals surface area contributed by atoms with Gasteiger partial charge in [-0.2, -0.15) is 31.4 Å². The molecule has 12 heteroatoms. The number of pyridine rings is 2. The summed E-state index contributed by atoms with van der Waals surface area (Å²) in [6.45, 7) is 0. The molecule has 0 saturated heterocycles. The third kappa shape index (κ3) is 3.51. The van der Waals surface area contributed by atoms with Crippen LogP contribution in [-0.4, -0.2) is 24.6 Å². The molecule has 154 valence electrons. The Labute approximate surface area is 164 Å².